The van der Waals surface area contributed by atoms with Crippen LogP contribution in [0.2, 0.25) is 0 Å². The SMILES string of the molecule is COc1cc(Nc2cc(N)nc(N)n2)ccc1F. The molecule has 0 aliphatic heterocycles. The monoisotopic (exact) mass is 249 g/mol. The maximum atomic E-state index is 13.2. The quantitative estimate of drug-likeness (QED) is 0.763. The number of nitrogens with zero attached hydrogens (tertiary/aromatic N) is 2. The summed E-state index contributed by atoms with van der Waals surface area (Å²) in [6.07, 6.45) is 0. The third kappa shape index (κ3) is 2.57. The molecule has 0 atom stereocenters. The molecular formula is C11H12FN5O. The number of nitrogens with two attached hydrogens (primary N) is 2. The van der Waals surface area contributed by atoms with Crippen LogP contribution < -0.4 is 21.5 Å². The molecule has 5 N–H and O–H groups in total. The summed E-state index contributed by atoms with van der Waals surface area (Å²) >= 11 is 0. The summed E-state index contributed by atoms with van der Waals surface area (Å²) in [5.74, 6) is 0.430. The molecule has 6 nitrogen and oxygen atoms in total. The fourth-order valence-electron chi connectivity index (χ4n) is 1.43. The molecule has 2 rings (SSSR count). The number of ether oxygens (including phenoxy) is 1. The van der Waals surface area contributed by atoms with Crippen LogP contribution in [-0.2, 0) is 0 Å². The van der Waals surface area contributed by atoms with Crippen molar-refractivity contribution in [3.8, 4) is 5.75 Å². The molecule has 1 aromatic heterocycles. The Hall–Kier alpha value is -2.57. The van der Waals surface area contributed by atoms with Crippen molar-refractivity contribution in [2.75, 3.05) is 23.9 Å². The van der Waals surface area contributed by atoms with Crippen molar-refractivity contribution in [2.24, 2.45) is 0 Å². The molecule has 0 amide bonds. The van der Waals surface area contributed by atoms with Gasteiger partial charge in [-0.25, -0.2) is 4.39 Å². The van der Waals surface area contributed by atoms with Crippen LogP contribution in [0, 0.1) is 5.82 Å². The van der Waals surface area contributed by atoms with Crippen molar-refractivity contribution in [3.05, 3.63) is 30.1 Å². The number of halogens is 1. The average Bonchev–Trinajstić information content (AvgIpc) is 2.30. The number of nitrogens with one attached hydrogen (secondary N) is 1. The summed E-state index contributed by atoms with van der Waals surface area (Å²) in [7, 11) is 1.39. The minimum Gasteiger partial charge on any atom is -0.494 e. The average molecular weight is 249 g/mol. The van der Waals surface area contributed by atoms with Crippen LogP contribution in [0.4, 0.5) is 27.7 Å². The van der Waals surface area contributed by atoms with Gasteiger partial charge in [0.05, 0.1) is 7.11 Å². The van der Waals surface area contributed by atoms with Gasteiger partial charge in [0.25, 0.3) is 0 Å². The fraction of sp³-hybridized carbons (Fsp3) is 0.0909. The van der Waals surface area contributed by atoms with Crippen LogP contribution in [0.25, 0.3) is 0 Å². The van der Waals surface area contributed by atoms with Crippen molar-refractivity contribution in [1.82, 2.24) is 9.97 Å². The number of benzene rings is 1. The van der Waals surface area contributed by atoms with E-state index in [4.69, 9.17) is 16.2 Å². The second-order valence-electron chi connectivity index (χ2n) is 3.51. The Kier molecular flexibility index (Phi) is 3.13. The lowest BCUT2D eigenvalue weighted by Crippen LogP contribution is -2.03. The number of rotatable bonds is 3. The summed E-state index contributed by atoms with van der Waals surface area (Å²) in [5.41, 5.74) is 11.6. The van der Waals surface area contributed by atoms with E-state index in [1.165, 1.54) is 25.3 Å². The van der Waals surface area contributed by atoms with E-state index >= 15 is 0 Å². The minimum atomic E-state index is -0.440. The van der Waals surface area contributed by atoms with Crippen molar-refractivity contribution < 1.29 is 9.13 Å². The van der Waals surface area contributed by atoms with Gasteiger partial charge >= 0.3 is 0 Å². The Bertz CT molecular complexity index is 555. The molecule has 0 saturated carbocycles. The summed E-state index contributed by atoms with van der Waals surface area (Å²) in [4.78, 5) is 7.69. The normalized spacial score (nSPS) is 10.1. The lowest BCUT2D eigenvalue weighted by Gasteiger charge is -2.08. The van der Waals surface area contributed by atoms with Gasteiger partial charge in [0.15, 0.2) is 11.6 Å². The molecule has 7 heteroatoms. The predicted octanol–water partition coefficient (Wildman–Crippen LogP) is 1.53. The molecule has 0 aliphatic carbocycles. The van der Waals surface area contributed by atoms with E-state index in [1.807, 2.05) is 0 Å². The second-order valence-corrected chi connectivity index (χ2v) is 3.51. The highest BCUT2D eigenvalue weighted by Gasteiger charge is 2.05. The molecular weight excluding hydrogens is 237 g/mol. The molecule has 1 aromatic carbocycles. The molecule has 2 aromatic rings. The number of methoxy groups -OCH3 is 1. The van der Waals surface area contributed by atoms with Gasteiger partial charge in [0, 0.05) is 17.8 Å². The molecule has 0 unspecified atom stereocenters. The first-order valence-electron chi connectivity index (χ1n) is 5.09. The lowest BCUT2D eigenvalue weighted by molar-refractivity contribution is 0.387. The number of hydrogen-bond acceptors (Lipinski definition) is 6. The maximum Gasteiger partial charge on any atom is 0.223 e. The zero-order valence-corrected chi connectivity index (χ0v) is 9.64. The first kappa shape index (κ1) is 11.9. The number of hydrogen-bond donors (Lipinski definition) is 3. The molecule has 0 saturated heterocycles. The Morgan fingerprint density at radius 1 is 1.22 bits per heavy atom. The van der Waals surface area contributed by atoms with Gasteiger partial charge in [-0.05, 0) is 12.1 Å². The molecule has 0 spiro atoms. The van der Waals surface area contributed by atoms with Crippen LogP contribution in [0.5, 0.6) is 5.75 Å². The van der Waals surface area contributed by atoms with Crippen molar-refractivity contribution in [2.45, 2.75) is 0 Å². The Morgan fingerprint density at radius 2 is 2.00 bits per heavy atom. The van der Waals surface area contributed by atoms with E-state index in [0.29, 0.717) is 11.5 Å². The van der Waals surface area contributed by atoms with Crippen LogP contribution in [0.3, 0.4) is 0 Å². The van der Waals surface area contributed by atoms with Gasteiger partial charge in [-0.2, -0.15) is 9.97 Å². The first-order valence-corrected chi connectivity index (χ1v) is 5.09. The van der Waals surface area contributed by atoms with E-state index in [9.17, 15) is 4.39 Å². The molecule has 0 bridgehead atoms. The predicted molar refractivity (Wildman–Crippen MR) is 67.1 cm³/mol. The van der Waals surface area contributed by atoms with Gasteiger partial charge < -0.3 is 21.5 Å². The Labute approximate surface area is 103 Å². The first-order chi connectivity index (χ1) is 8.58. The van der Waals surface area contributed by atoms with Crippen LogP contribution >= 0.6 is 0 Å². The fourth-order valence-corrected chi connectivity index (χ4v) is 1.43. The molecule has 1 heterocycles. The summed E-state index contributed by atoms with van der Waals surface area (Å²) in [6.45, 7) is 0. The van der Waals surface area contributed by atoms with Crippen LogP contribution in [0.1, 0.15) is 0 Å². The smallest absolute Gasteiger partial charge is 0.223 e. The van der Waals surface area contributed by atoms with Gasteiger partial charge in [0.1, 0.15) is 11.6 Å². The lowest BCUT2D eigenvalue weighted by atomic mass is 10.3. The number of anilines is 4. The second kappa shape index (κ2) is 4.74. The number of aromatic nitrogens is 2. The Balaban J connectivity index is 2.28. The third-order valence-electron chi connectivity index (χ3n) is 2.19. The topological polar surface area (TPSA) is 99.1 Å². The highest BCUT2D eigenvalue weighted by atomic mass is 19.1. The molecule has 0 fully saturated rings. The molecule has 18 heavy (non-hydrogen) atoms. The van der Waals surface area contributed by atoms with Crippen LogP contribution in [0.15, 0.2) is 24.3 Å². The van der Waals surface area contributed by atoms with Gasteiger partial charge in [-0.3, -0.25) is 0 Å². The van der Waals surface area contributed by atoms with Gasteiger partial charge in [-0.15, -0.1) is 0 Å². The van der Waals surface area contributed by atoms with E-state index in [0.717, 1.165) is 0 Å². The van der Waals surface area contributed by atoms with E-state index in [2.05, 4.69) is 15.3 Å². The highest BCUT2D eigenvalue weighted by molar-refractivity contribution is 5.61. The van der Waals surface area contributed by atoms with E-state index in [-0.39, 0.29) is 17.5 Å². The summed E-state index contributed by atoms with van der Waals surface area (Å²) < 4.78 is 18.1. The maximum absolute atomic E-state index is 13.2. The largest absolute Gasteiger partial charge is 0.494 e. The van der Waals surface area contributed by atoms with E-state index in [1.54, 1.807) is 6.07 Å². The summed E-state index contributed by atoms with van der Waals surface area (Å²) in [6, 6.07) is 5.86. The van der Waals surface area contributed by atoms with Crippen molar-refractivity contribution in [3.63, 3.8) is 0 Å². The molecule has 94 valence electrons. The van der Waals surface area contributed by atoms with Crippen molar-refractivity contribution in [1.29, 1.82) is 0 Å². The van der Waals surface area contributed by atoms with Crippen molar-refractivity contribution >= 4 is 23.3 Å². The Morgan fingerprint density at radius 3 is 2.67 bits per heavy atom. The van der Waals surface area contributed by atoms with Gasteiger partial charge in [0.2, 0.25) is 5.95 Å². The standard InChI is InChI=1S/C11H12FN5O/c1-18-8-4-6(2-3-7(8)12)15-10-5-9(13)16-11(14)17-10/h2-5H,1H3,(H5,13,14,15,16,17). The van der Waals surface area contributed by atoms with E-state index < -0.39 is 5.82 Å². The minimum absolute atomic E-state index is 0.0616. The number of nitrogen functional groups attached to an aromatic ring is 2. The third-order valence-corrected chi connectivity index (χ3v) is 2.19. The molecule has 0 aliphatic rings. The van der Waals surface area contributed by atoms with Crippen LogP contribution in [-0.4, -0.2) is 17.1 Å². The molecule has 0 radical (unpaired) electrons. The zero-order chi connectivity index (χ0) is 13.1. The highest BCUT2D eigenvalue weighted by Crippen LogP contribution is 2.24. The zero-order valence-electron chi connectivity index (χ0n) is 9.64. The van der Waals surface area contributed by atoms with Gasteiger partial charge in [-0.1, -0.05) is 0 Å². The summed E-state index contributed by atoms with van der Waals surface area (Å²) in [5, 5.41) is 2.93.